The van der Waals surface area contributed by atoms with Gasteiger partial charge in [-0.3, -0.25) is 0 Å². The van der Waals surface area contributed by atoms with Gasteiger partial charge < -0.3 is 14.2 Å². The van der Waals surface area contributed by atoms with Gasteiger partial charge >= 0.3 is 5.97 Å². The summed E-state index contributed by atoms with van der Waals surface area (Å²) >= 11 is 0. The van der Waals surface area contributed by atoms with E-state index in [1.54, 1.807) is 36.4 Å². The van der Waals surface area contributed by atoms with E-state index in [2.05, 4.69) is 0 Å². The van der Waals surface area contributed by atoms with Crippen molar-refractivity contribution >= 4 is 5.97 Å². The normalized spacial score (nSPS) is 16.9. The van der Waals surface area contributed by atoms with Crippen LogP contribution in [0.25, 0.3) is 11.1 Å². The number of hydrogen-bond donors (Lipinski definition) is 0. The molecule has 4 nitrogen and oxygen atoms in total. The highest BCUT2D eigenvalue weighted by atomic mass is 19.2. The Balaban J connectivity index is 1.36. The van der Waals surface area contributed by atoms with Gasteiger partial charge in [-0.2, -0.15) is 4.39 Å². The van der Waals surface area contributed by atoms with E-state index in [-0.39, 0.29) is 29.4 Å². The Hall–Kier alpha value is -3.55. The molecule has 1 fully saturated rings. The largest absolute Gasteiger partial charge is 0.494 e. The monoisotopic (exact) mass is 558 g/mol. The Morgan fingerprint density at radius 1 is 0.750 bits per heavy atom. The third kappa shape index (κ3) is 6.77. The second-order valence-corrected chi connectivity index (χ2v) is 10.0. The predicted molar refractivity (Wildman–Crippen MR) is 145 cm³/mol. The van der Waals surface area contributed by atoms with Crippen molar-refractivity contribution in [2.45, 2.75) is 70.8 Å². The standard InChI is InChI=1S/C32H34F4O4/c1-3-5-19-39-27-17-16-26(30(35)31(27)36)32(37)40-23-12-8-21(9-13-23)25-15-14-24(28(33)29(25)34)20-6-10-22(11-7-20)38-18-4-2/h6-7,10-11,14-17,21,23H,3-5,8-9,12-13,18-19H2,1-2H3. The first-order chi connectivity index (χ1) is 19.3. The molecule has 40 heavy (non-hydrogen) atoms. The number of carbonyl (C=O) groups is 1. The Kier molecular flexibility index (Phi) is 10.1. The molecule has 0 aliphatic heterocycles. The summed E-state index contributed by atoms with van der Waals surface area (Å²) in [6.07, 6.45) is 3.56. The molecule has 1 saturated carbocycles. The molecule has 0 unspecified atom stereocenters. The van der Waals surface area contributed by atoms with Gasteiger partial charge in [0.15, 0.2) is 23.2 Å². The van der Waals surface area contributed by atoms with Crippen LogP contribution in [-0.4, -0.2) is 25.3 Å². The van der Waals surface area contributed by atoms with Gasteiger partial charge in [0.25, 0.3) is 0 Å². The van der Waals surface area contributed by atoms with E-state index in [0.29, 0.717) is 50.0 Å². The minimum absolute atomic E-state index is 0.168. The zero-order valence-electron chi connectivity index (χ0n) is 22.8. The van der Waals surface area contributed by atoms with Crippen molar-refractivity contribution in [3.63, 3.8) is 0 Å². The maximum Gasteiger partial charge on any atom is 0.341 e. The van der Waals surface area contributed by atoms with Crippen molar-refractivity contribution in [1.29, 1.82) is 0 Å². The molecule has 1 aliphatic carbocycles. The third-order valence-electron chi connectivity index (χ3n) is 7.16. The third-order valence-corrected chi connectivity index (χ3v) is 7.16. The molecule has 0 atom stereocenters. The molecule has 214 valence electrons. The Morgan fingerprint density at radius 2 is 1.48 bits per heavy atom. The molecule has 0 amide bonds. The fourth-order valence-corrected chi connectivity index (χ4v) is 4.89. The van der Waals surface area contributed by atoms with Crippen LogP contribution in [0.15, 0.2) is 48.5 Å². The topological polar surface area (TPSA) is 44.8 Å². The van der Waals surface area contributed by atoms with Crippen molar-refractivity contribution in [3.8, 4) is 22.6 Å². The predicted octanol–water partition coefficient (Wildman–Crippen LogP) is 8.76. The van der Waals surface area contributed by atoms with Gasteiger partial charge in [-0.25, -0.2) is 18.0 Å². The fourth-order valence-electron chi connectivity index (χ4n) is 4.89. The number of unbranched alkanes of at least 4 members (excludes halogenated alkanes) is 1. The average Bonchev–Trinajstić information content (AvgIpc) is 2.96. The number of carbonyl (C=O) groups excluding carboxylic acids is 1. The van der Waals surface area contributed by atoms with E-state index >= 15 is 8.78 Å². The van der Waals surface area contributed by atoms with Crippen molar-refractivity contribution in [2.24, 2.45) is 0 Å². The summed E-state index contributed by atoms with van der Waals surface area (Å²) in [6.45, 7) is 4.77. The summed E-state index contributed by atoms with van der Waals surface area (Å²) in [5, 5.41) is 0. The Morgan fingerprint density at radius 3 is 2.15 bits per heavy atom. The minimum Gasteiger partial charge on any atom is -0.494 e. The van der Waals surface area contributed by atoms with Crippen LogP contribution in [0.4, 0.5) is 17.6 Å². The maximum absolute atomic E-state index is 15.1. The second kappa shape index (κ2) is 13.7. The molecule has 0 heterocycles. The van der Waals surface area contributed by atoms with Gasteiger partial charge in [-0.05, 0) is 79.8 Å². The van der Waals surface area contributed by atoms with Crippen LogP contribution < -0.4 is 9.47 Å². The van der Waals surface area contributed by atoms with Crippen LogP contribution >= 0.6 is 0 Å². The molecule has 0 bridgehead atoms. The number of esters is 1. The number of ether oxygens (including phenoxy) is 3. The highest BCUT2D eigenvalue weighted by Crippen LogP contribution is 2.38. The molecular weight excluding hydrogens is 524 g/mol. The lowest BCUT2D eigenvalue weighted by Crippen LogP contribution is -2.25. The van der Waals surface area contributed by atoms with Gasteiger partial charge in [0.2, 0.25) is 5.82 Å². The summed E-state index contributed by atoms with van der Waals surface area (Å²) in [5.41, 5.74) is 0.491. The lowest BCUT2D eigenvalue weighted by Gasteiger charge is -2.29. The van der Waals surface area contributed by atoms with E-state index < -0.39 is 40.9 Å². The van der Waals surface area contributed by atoms with Crippen LogP contribution in [0.2, 0.25) is 0 Å². The van der Waals surface area contributed by atoms with Crippen LogP contribution in [0, 0.1) is 23.3 Å². The first-order valence-corrected chi connectivity index (χ1v) is 13.9. The van der Waals surface area contributed by atoms with E-state index in [0.717, 1.165) is 18.9 Å². The van der Waals surface area contributed by atoms with Crippen molar-refractivity contribution in [2.75, 3.05) is 13.2 Å². The molecule has 0 aromatic heterocycles. The Bertz CT molecular complexity index is 1300. The van der Waals surface area contributed by atoms with Gasteiger partial charge in [0.1, 0.15) is 11.9 Å². The summed E-state index contributed by atoms with van der Waals surface area (Å²) in [7, 11) is 0. The number of benzene rings is 3. The number of hydrogen-bond acceptors (Lipinski definition) is 4. The molecule has 0 radical (unpaired) electrons. The maximum atomic E-state index is 15.1. The SMILES string of the molecule is CCCCOc1ccc(C(=O)OC2CCC(c3ccc(-c4ccc(OCCC)cc4)c(F)c3F)CC2)c(F)c1F. The highest BCUT2D eigenvalue weighted by Gasteiger charge is 2.30. The quantitative estimate of drug-likeness (QED) is 0.134. The lowest BCUT2D eigenvalue weighted by molar-refractivity contribution is 0.0188. The molecule has 0 spiro atoms. The van der Waals surface area contributed by atoms with Crippen LogP contribution in [0.5, 0.6) is 11.5 Å². The zero-order valence-corrected chi connectivity index (χ0v) is 22.8. The smallest absolute Gasteiger partial charge is 0.341 e. The lowest BCUT2D eigenvalue weighted by atomic mass is 9.82. The summed E-state index contributed by atoms with van der Waals surface area (Å²) < 4.78 is 75.3. The molecule has 0 saturated heterocycles. The van der Waals surface area contributed by atoms with Crippen LogP contribution in [0.1, 0.15) is 80.6 Å². The second-order valence-electron chi connectivity index (χ2n) is 10.0. The summed E-state index contributed by atoms with van der Waals surface area (Å²) in [5.74, 6) is -5.13. The fraction of sp³-hybridized carbons (Fsp3) is 0.406. The molecule has 4 rings (SSSR count). The van der Waals surface area contributed by atoms with E-state index in [1.165, 1.54) is 6.07 Å². The molecule has 8 heteroatoms. The van der Waals surface area contributed by atoms with Crippen molar-refractivity contribution in [1.82, 2.24) is 0 Å². The molecule has 0 N–H and O–H groups in total. The van der Waals surface area contributed by atoms with Gasteiger partial charge in [0, 0.05) is 5.56 Å². The average molecular weight is 559 g/mol. The molecule has 1 aliphatic rings. The van der Waals surface area contributed by atoms with E-state index in [1.807, 2.05) is 13.8 Å². The molecule has 3 aromatic rings. The zero-order chi connectivity index (χ0) is 28.6. The van der Waals surface area contributed by atoms with Gasteiger partial charge in [-0.1, -0.05) is 44.5 Å². The van der Waals surface area contributed by atoms with Crippen LogP contribution in [-0.2, 0) is 4.74 Å². The molecular formula is C32H34F4O4. The van der Waals surface area contributed by atoms with Gasteiger partial charge in [-0.15, -0.1) is 0 Å². The number of rotatable bonds is 11. The van der Waals surface area contributed by atoms with Crippen LogP contribution in [0.3, 0.4) is 0 Å². The summed E-state index contributed by atoms with van der Waals surface area (Å²) in [4.78, 5) is 12.6. The first-order valence-electron chi connectivity index (χ1n) is 13.9. The van der Waals surface area contributed by atoms with E-state index in [9.17, 15) is 13.6 Å². The minimum atomic E-state index is -1.31. The highest BCUT2D eigenvalue weighted by molar-refractivity contribution is 5.90. The van der Waals surface area contributed by atoms with Gasteiger partial charge in [0.05, 0.1) is 18.8 Å². The van der Waals surface area contributed by atoms with Crippen molar-refractivity contribution in [3.05, 3.63) is 82.9 Å². The summed E-state index contributed by atoms with van der Waals surface area (Å²) in [6, 6.07) is 12.4. The molecule has 3 aromatic carbocycles. The van der Waals surface area contributed by atoms with Crippen molar-refractivity contribution < 1.29 is 36.6 Å². The first kappa shape index (κ1) is 29.4. The number of halogens is 4. The van der Waals surface area contributed by atoms with E-state index in [4.69, 9.17) is 14.2 Å². The Labute approximate surface area is 232 Å².